The monoisotopic (exact) mass is 250 g/mol. The first-order chi connectivity index (χ1) is 8.42. The van der Waals surface area contributed by atoms with E-state index in [-0.39, 0.29) is 18.7 Å². The van der Waals surface area contributed by atoms with Crippen molar-refractivity contribution in [2.24, 2.45) is 0 Å². The van der Waals surface area contributed by atoms with Crippen molar-refractivity contribution in [3.8, 4) is 0 Å². The molecule has 1 aromatic rings. The number of carbonyl (C=O) groups excluding carboxylic acids is 1. The number of hydrogen-bond acceptors (Lipinski definition) is 3. The zero-order valence-electron chi connectivity index (χ0n) is 11.6. The molecule has 3 nitrogen and oxygen atoms in total. The predicted molar refractivity (Wildman–Crippen MR) is 71.3 cm³/mol. The summed E-state index contributed by atoms with van der Waals surface area (Å²) in [5.41, 5.74) is 0.623. The molecule has 0 aliphatic rings. The third kappa shape index (κ3) is 5.32. The van der Waals surface area contributed by atoms with Gasteiger partial charge in [0.1, 0.15) is 12.2 Å². The Hall–Kier alpha value is -1.35. The SMILES string of the molecule is CCC(OCC(=O)OC(C)(C)C)c1ccccc1. The maximum absolute atomic E-state index is 11.6. The fraction of sp³-hybridized carbons (Fsp3) is 0.533. The van der Waals surface area contributed by atoms with Crippen LogP contribution in [0.4, 0.5) is 0 Å². The van der Waals surface area contributed by atoms with Gasteiger partial charge in [-0.25, -0.2) is 4.79 Å². The molecule has 100 valence electrons. The van der Waals surface area contributed by atoms with Crippen molar-refractivity contribution in [2.75, 3.05) is 6.61 Å². The smallest absolute Gasteiger partial charge is 0.332 e. The Morgan fingerprint density at radius 2 is 1.83 bits per heavy atom. The van der Waals surface area contributed by atoms with E-state index in [2.05, 4.69) is 0 Å². The lowest BCUT2D eigenvalue weighted by Crippen LogP contribution is -2.27. The van der Waals surface area contributed by atoms with Crippen LogP contribution in [0, 0.1) is 0 Å². The summed E-state index contributed by atoms with van der Waals surface area (Å²) in [5.74, 6) is -0.322. The van der Waals surface area contributed by atoms with Gasteiger partial charge in [0.15, 0.2) is 0 Å². The molecule has 3 heteroatoms. The highest BCUT2D eigenvalue weighted by molar-refractivity contribution is 5.71. The normalized spacial score (nSPS) is 13.1. The molecule has 0 bridgehead atoms. The Kier molecular flexibility index (Phi) is 5.35. The highest BCUT2D eigenvalue weighted by Gasteiger charge is 2.18. The third-order valence-electron chi connectivity index (χ3n) is 2.36. The molecule has 0 fully saturated rings. The minimum Gasteiger partial charge on any atom is -0.458 e. The van der Waals surface area contributed by atoms with Gasteiger partial charge in [0, 0.05) is 0 Å². The van der Waals surface area contributed by atoms with E-state index in [1.165, 1.54) is 0 Å². The van der Waals surface area contributed by atoms with Crippen molar-refractivity contribution in [1.82, 2.24) is 0 Å². The van der Waals surface area contributed by atoms with Gasteiger partial charge in [-0.3, -0.25) is 0 Å². The first kappa shape index (κ1) is 14.7. The average Bonchev–Trinajstić information content (AvgIpc) is 2.29. The van der Waals surface area contributed by atoms with Crippen LogP contribution in [0.25, 0.3) is 0 Å². The molecule has 0 saturated carbocycles. The zero-order valence-corrected chi connectivity index (χ0v) is 11.6. The summed E-state index contributed by atoms with van der Waals surface area (Å²) in [6, 6.07) is 9.90. The molecule has 0 amide bonds. The molecule has 0 spiro atoms. The predicted octanol–water partition coefficient (Wildman–Crippen LogP) is 3.50. The molecule has 0 aromatic heterocycles. The van der Waals surface area contributed by atoms with Gasteiger partial charge >= 0.3 is 5.97 Å². The second-order valence-corrected chi connectivity index (χ2v) is 5.21. The van der Waals surface area contributed by atoms with E-state index in [9.17, 15) is 4.79 Å². The summed E-state index contributed by atoms with van der Waals surface area (Å²) in [6.07, 6.45) is 0.769. The minimum absolute atomic E-state index is 0.00926. The number of hydrogen-bond donors (Lipinski definition) is 0. The number of carbonyl (C=O) groups is 1. The van der Waals surface area contributed by atoms with Gasteiger partial charge in [-0.15, -0.1) is 0 Å². The Balaban J connectivity index is 2.48. The largest absolute Gasteiger partial charge is 0.458 e. The van der Waals surface area contributed by atoms with Crippen LogP contribution in [0.15, 0.2) is 30.3 Å². The highest BCUT2D eigenvalue weighted by atomic mass is 16.6. The molecule has 1 atom stereocenters. The first-order valence-electron chi connectivity index (χ1n) is 6.31. The molecule has 0 saturated heterocycles. The van der Waals surface area contributed by atoms with Gasteiger partial charge in [0.25, 0.3) is 0 Å². The molecular formula is C15H22O3. The molecule has 0 heterocycles. The molecular weight excluding hydrogens is 228 g/mol. The lowest BCUT2D eigenvalue weighted by molar-refractivity contribution is -0.162. The van der Waals surface area contributed by atoms with E-state index in [0.29, 0.717) is 0 Å². The van der Waals surface area contributed by atoms with Gasteiger partial charge in [-0.1, -0.05) is 37.3 Å². The number of benzene rings is 1. The van der Waals surface area contributed by atoms with E-state index in [1.807, 2.05) is 58.0 Å². The van der Waals surface area contributed by atoms with E-state index in [0.717, 1.165) is 12.0 Å². The summed E-state index contributed by atoms with van der Waals surface area (Å²) in [7, 11) is 0. The molecule has 0 aliphatic heterocycles. The zero-order chi connectivity index (χ0) is 13.6. The van der Waals surface area contributed by atoms with Crippen LogP contribution >= 0.6 is 0 Å². The van der Waals surface area contributed by atoms with E-state index in [1.54, 1.807) is 0 Å². The van der Waals surface area contributed by atoms with E-state index >= 15 is 0 Å². The van der Waals surface area contributed by atoms with Crippen molar-refractivity contribution >= 4 is 5.97 Å². The lowest BCUT2D eigenvalue weighted by atomic mass is 10.1. The Morgan fingerprint density at radius 3 is 2.33 bits per heavy atom. The maximum Gasteiger partial charge on any atom is 0.332 e. The summed E-state index contributed by atoms with van der Waals surface area (Å²) < 4.78 is 10.8. The van der Waals surface area contributed by atoms with Gasteiger partial charge in [0.2, 0.25) is 0 Å². The number of ether oxygens (including phenoxy) is 2. The van der Waals surface area contributed by atoms with Crippen molar-refractivity contribution in [2.45, 2.75) is 45.8 Å². The van der Waals surface area contributed by atoms with Crippen LogP contribution < -0.4 is 0 Å². The third-order valence-corrected chi connectivity index (χ3v) is 2.36. The van der Waals surface area contributed by atoms with Gasteiger partial charge < -0.3 is 9.47 Å². The molecule has 0 radical (unpaired) electrons. The van der Waals surface area contributed by atoms with E-state index < -0.39 is 5.60 Å². The quantitative estimate of drug-likeness (QED) is 0.750. The van der Waals surface area contributed by atoms with Crippen LogP contribution in [0.1, 0.15) is 45.8 Å². The molecule has 0 aliphatic carbocycles. The summed E-state index contributed by atoms with van der Waals surface area (Å²) in [6.45, 7) is 7.57. The first-order valence-corrected chi connectivity index (χ1v) is 6.31. The van der Waals surface area contributed by atoms with Crippen molar-refractivity contribution in [1.29, 1.82) is 0 Å². The fourth-order valence-electron chi connectivity index (χ4n) is 1.66. The summed E-state index contributed by atoms with van der Waals surface area (Å²) >= 11 is 0. The average molecular weight is 250 g/mol. The number of rotatable bonds is 5. The highest BCUT2D eigenvalue weighted by Crippen LogP contribution is 2.20. The fourth-order valence-corrected chi connectivity index (χ4v) is 1.66. The number of esters is 1. The van der Waals surface area contributed by atoms with Crippen molar-refractivity contribution < 1.29 is 14.3 Å². The molecule has 0 N–H and O–H groups in total. The van der Waals surface area contributed by atoms with Crippen LogP contribution in [0.3, 0.4) is 0 Å². The second kappa shape index (κ2) is 6.55. The lowest BCUT2D eigenvalue weighted by Gasteiger charge is -2.21. The standard InChI is InChI=1S/C15H22O3/c1-5-13(12-9-7-6-8-10-12)17-11-14(16)18-15(2,3)4/h6-10,13H,5,11H2,1-4H3. The van der Waals surface area contributed by atoms with Gasteiger partial charge in [0.05, 0.1) is 6.10 Å². The minimum atomic E-state index is -0.463. The van der Waals surface area contributed by atoms with Crippen LogP contribution in [-0.2, 0) is 14.3 Å². The summed E-state index contributed by atoms with van der Waals surface area (Å²) in [4.78, 5) is 11.6. The maximum atomic E-state index is 11.6. The van der Waals surface area contributed by atoms with Crippen LogP contribution in [0.2, 0.25) is 0 Å². The van der Waals surface area contributed by atoms with Crippen molar-refractivity contribution in [3.05, 3.63) is 35.9 Å². The van der Waals surface area contributed by atoms with Crippen LogP contribution in [-0.4, -0.2) is 18.2 Å². The van der Waals surface area contributed by atoms with Gasteiger partial charge in [-0.05, 0) is 32.8 Å². The molecule has 1 unspecified atom stereocenters. The van der Waals surface area contributed by atoms with Crippen LogP contribution in [0.5, 0.6) is 0 Å². The molecule has 1 rings (SSSR count). The summed E-state index contributed by atoms with van der Waals surface area (Å²) in [5, 5.41) is 0. The van der Waals surface area contributed by atoms with Gasteiger partial charge in [-0.2, -0.15) is 0 Å². The molecule has 18 heavy (non-hydrogen) atoms. The second-order valence-electron chi connectivity index (χ2n) is 5.21. The molecule has 1 aromatic carbocycles. The topological polar surface area (TPSA) is 35.5 Å². The van der Waals surface area contributed by atoms with Crippen molar-refractivity contribution in [3.63, 3.8) is 0 Å². The van der Waals surface area contributed by atoms with E-state index in [4.69, 9.17) is 9.47 Å². The Labute approximate surface area is 109 Å². The Morgan fingerprint density at radius 1 is 1.22 bits per heavy atom. The Bertz CT molecular complexity index is 365.